The molecule has 0 bridgehead atoms. The number of rotatable bonds is 8. The number of likely N-dealkylation sites (N-methyl/N-ethyl adjacent to an activating group) is 1. The summed E-state index contributed by atoms with van der Waals surface area (Å²) in [6.07, 6.45) is 0. The molecule has 0 saturated carbocycles. The predicted molar refractivity (Wildman–Crippen MR) is 97.5 cm³/mol. The number of nitro benzene ring substituents is 1. The van der Waals surface area contributed by atoms with Crippen LogP contribution in [0.15, 0.2) is 47.4 Å². The molecular weight excluding hydrogens is 382 g/mol. The van der Waals surface area contributed by atoms with E-state index in [0.29, 0.717) is 17.3 Å². The Morgan fingerprint density at radius 2 is 1.96 bits per heavy atom. The van der Waals surface area contributed by atoms with Gasteiger partial charge in [-0.3, -0.25) is 10.1 Å². The first kappa shape index (κ1) is 20.1. The number of hydrogen-bond donors (Lipinski definition) is 2. The molecule has 8 nitrogen and oxygen atoms in total. The zero-order valence-electron chi connectivity index (χ0n) is 14.2. The van der Waals surface area contributed by atoms with E-state index in [1.807, 2.05) is 14.1 Å². The van der Waals surface area contributed by atoms with Gasteiger partial charge >= 0.3 is 5.69 Å². The summed E-state index contributed by atoms with van der Waals surface area (Å²) in [5.74, 6) is 0.234. The molecule has 0 radical (unpaired) electrons. The molecule has 26 heavy (non-hydrogen) atoms. The maximum Gasteiger partial charge on any atom is 0.312 e. The minimum absolute atomic E-state index is 0.0750. The van der Waals surface area contributed by atoms with Crippen molar-refractivity contribution < 1.29 is 23.0 Å². The summed E-state index contributed by atoms with van der Waals surface area (Å²) in [7, 11) is -0.0728. The quantitative estimate of drug-likeness (QED) is 0.516. The Balaban J connectivity index is 2.29. The molecular formula is C16H19ClN3O5S+. The lowest BCUT2D eigenvalue weighted by atomic mass is 10.3. The van der Waals surface area contributed by atoms with Crippen molar-refractivity contribution in [3.05, 3.63) is 57.6 Å². The fraction of sp³-hybridized carbons (Fsp3) is 0.250. The number of hydrogen-bond acceptors (Lipinski definition) is 5. The van der Waals surface area contributed by atoms with Gasteiger partial charge in [-0.1, -0.05) is 17.7 Å². The van der Waals surface area contributed by atoms with Crippen LogP contribution >= 0.6 is 11.6 Å². The van der Waals surface area contributed by atoms with Crippen molar-refractivity contribution in [3.8, 4) is 11.5 Å². The first-order valence-electron chi connectivity index (χ1n) is 7.69. The molecule has 140 valence electrons. The molecule has 10 heteroatoms. The number of benzene rings is 2. The summed E-state index contributed by atoms with van der Waals surface area (Å²) in [5.41, 5.74) is -0.453. The van der Waals surface area contributed by atoms with Gasteiger partial charge in [0.1, 0.15) is 5.75 Å². The van der Waals surface area contributed by atoms with Crippen LogP contribution in [0, 0.1) is 10.1 Å². The Morgan fingerprint density at radius 1 is 1.23 bits per heavy atom. The molecule has 0 aliphatic rings. The van der Waals surface area contributed by atoms with Gasteiger partial charge in [0.25, 0.3) is 0 Å². The number of halogens is 1. The van der Waals surface area contributed by atoms with Crippen LogP contribution in [-0.4, -0.2) is 40.5 Å². The monoisotopic (exact) mass is 400 g/mol. The second-order valence-electron chi connectivity index (χ2n) is 5.80. The SMILES string of the molecule is C[NH+](C)CCNS(=O)(=O)c1ccc(Oc2cccc(Cl)c2)c([N+](=O)[O-])c1. The van der Waals surface area contributed by atoms with Crippen molar-refractivity contribution in [2.75, 3.05) is 27.2 Å². The van der Waals surface area contributed by atoms with Gasteiger partial charge in [0, 0.05) is 11.1 Å². The summed E-state index contributed by atoms with van der Waals surface area (Å²) < 4.78 is 32.5. The molecule has 2 N–H and O–H groups in total. The smallest absolute Gasteiger partial charge is 0.312 e. The average Bonchev–Trinajstić information content (AvgIpc) is 2.54. The minimum atomic E-state index is -3.85. The molecule has 2 rings (SSSR count). The van der Waals surface area contributed by atoms with Crippen LogP contribution in [0.25, 0.3) is 0 Å². The molecule has 0 fully saturated rings. The highest BCUT2D eigenvalue weighted by molar-refractivity contribution is 7.89. The molecule has 0 atom stereocenters. The topological polar surface area (TPSA) is 103 Å². The summed E-state index contributed by atoms with van der Waals surface area (Å²) in [6.45, 7) is 0.802. The maximum atomic E-state index is 12.3. The van der Waals surface area contributed by atoms with E-state index in [2.05, 4.69) is 4.72 Å². The molecule has 0 spiro atoms. The number of sulfonamides is 1. The standard InChI is InChI=1S/C16H18ClN3O5S/c1-19(2)9-8-18-26(23,24)14-6-7-16(15(11-14)20(21)22)25-13-5-3-4-12(17)10-13/h3-7,10-11,18H,8-9H2,1-2H3/p+1. The van der Waals surface area contributed by atoms with Crippen molar-refractivity contribution in [3.63, 3.8) is 0 Å². The van der Waals surface area contributed by atoms with E-state index in [1.165, 1.54) is 18.2 Å². The zero-order chi connectivity index (χ0) is 19.3. The predicted octanol–water partition coefficient (Wildman–Crippen LogP) is 1.46. The summed E-state index contributed by atoms with van der Waals surface area (Å²) in [5, 5.41) is 11.8. The van der Waals surface area contributed by atoms with E-state index in [9.17, 15) is 18.5 Å². The molecule has 2 aromatic carbocycles. The van der Waals surface area contributed by atoms with Crippen LogP contribution in [0.4, 0.5) is 5.69 Å². The molecule has 0 aromatic heterocycles. The van der Waals surface area contributed by atoms with Crippen LogP contribution in [-0.2, 0) is 10.0 Å². The Labute approximate surface area is 156 Å². The number of nitro groups is 1. The third kappa shape index (κ3) is 5.40. The summed E-state index contributed by atoms with van der Waals surface area (Å²) in [6, 6.07) is 9.86. The summed E-state index contributed by atoms with van der Waals surface area (Å²) >= 11 is 5.87. The highest BCUT2D eigenvalue weighted by Crippen LogP contribution is 2.34. The zero-order valence-corrected chi connectivity index (χ0v) is 15.8. The Kier molecular flexibility index (Phi) is 6.54. The van der Waals surface area contributed by atoms with E-state index in [-0.39, 0.29) is 17.2 Å². The molecule has 0 unspecified atom stereocenters. The van der Waals surface area contributed by atoms with Crippen molar-refractivity contribution >= 4 is 27.3 Å². The average molecular weight is 401 g/mol. The minimum Gasteiger partial charge on any atom is -0.450 e. The van der Waals surface area contributed by atoms with Gasteiger partial charge < -0.3 is 9.64 Å². The first-order valence-corrected chi connectivity index (χ1v) is 9.56. The van der Waals surface area contributed by atoms with Crippen LogP contribution in [0.5, 0.6) is 11.5 Å². The third-order valence-corrected chi connectivity index (χ3v) is 5.07. The Hall–Kier alpha value is -2.20. The maximum absolute atomic E-state index is 12.3. The van der Waals surface area contributed by atoms with Gasteiger partial charge in [0.15, 0.2) is 0 Å². The van der Waals surface area contributed by atoms with Crippen molar-refractivity contribution in [2.24, 2.45) is 0 Å². The third-order valence-electron chi connectivity index (χ3n) is 3.38. The van der Waals surface area contributed by atoms with Crippen molar-refractivity contribution in [1.29, 1.82) is 0 Å². The van der Waals surface area contributed by atoms with Crippen molar-refractivity contribution in [2.45, 2.75) is 4.90 Å². The number of nitrogens with zero attached hydrogens (tertiary/aromatic N) is 1. The van der Waals surface area contributed by atoms with E-state index in [0.717, 1.165) is 11.0 Å². The van der Waals surface area contributed by atoms with E-state index in [1.54, 1.807) is 18.2 Å². The van der Waals surface area contributed by atoms with Crippen LogP contribution in [0.1, 0.15) is 0 Å². The first-order chi connectivity index (χ1) is 12.2. The second-order valence-corrected chi connectivity index (χ2v) is 8.00. The number of ether oxygens (including phenoxy) is 1. The number of quaternary nitrogens is 1. The van der Waals surface area contributed by atoms with E-state index in [4.69, 9.17) is 16.3 Å². The lowest BCUT2D eigenvalue weighted by Gasteiger charge is -2.11. The van der Waals surface area contributed by atoms with Crippen LogP contribution < -0.4 is 14.4 Å². The molecule has 0 heterocycles. The number of nitrogens with one attached hydrogen (secondary N) is 2. The fourth-order valence-electron chi connectivity index (χ4n) is 2.07. The fourth-order valence-corrected chi connectivity index (χ4v) is 3.30. The van der Waals surface area contributed by atoms with Crippen LogP contribution in [0.3, 0.4) is 0 Å². The van der Waals surface area contributed by atoms with Gasteiger partial charge in [0.05, 0.1) is 37.0 Å². The van der Waals surface area contributed by atoms with E-state index >= 15 is 0 Å². The van der Waals surface area contributed by atoms with Crippen molar-refractivity contribution in [1.82, 2.24) is 4.72 Å². The Bertz CT molecular complexity index is 903. The van der Waals surface area contributed by atoms with Crippen LogP contribution in [0.2, 0.25) is 5.02 Å². The molecule has 2 aromatic rings. The van der Waals surface area contributed by atoms with Gasteiger partial charge in [-0.15, -0.1) is 0 Å². The molecule has 0 amide bonds. The van der Waals surface area contributed by atoms with E-state index < -0.39 is 20.6 Å². The molecule has 0 aliphatic heterocycles. The normalized spacial score (nSPS) is 11.5. The highest BCUT2D eigenvalue weighted by atomic mass is 35.5. The molecule has 0 saturated heterocycles. The van der Waals surface area contributed by atoms with Gasteiger partial charge in [-0.2, -0.15) is 0 Å². The van der Waals surface area contributed by atoms with Gasteiger partial charge in [-0.05, 0) is 30.3 Å². The second kappa shape index (κ2) is 8.45. The summed E-state index contributed by atoms with van der Waals surface area (Å²) in [4.78, 5) is 11.5. The lowest BCUT2D eigenvalue weighted by Crippen LogP contribution is -3.06. The highest BCUT2D eigenvalue weighted by Gasteiger charge is 2.22. The Morgan fingerprint density at radius 3 is 2.58 bits per heavy atom. The van der Waals surface area contributed by atoms with Gasteiger partial charge in [-0.25, -0.2) is 13.1 Å². The largest absolute Gasteiger partial charge is 0.450 e. The molecule has 0 aliphatic carbocycles. The van der Waals surface area contributed by atoms with Gasteiger partial charge in [0.2, 0.25) is 15.8 Å². The lowest BCUT2D eigenvalue weighted by molar-refractivity contribution is -0.856.